The van der Waals surface area contributed by atoms with Gasteiger partial charge in [0.25, 0.3) is 11.8 Å². The fourth-order valence-electron chi connectivity index (χ4n) is 7.72. The zero-order chi connectivity index (χ0) is 43.6. The zero-order valence-corrected chi connectivity index (χ0v) is 34.6. The third kappa shape index (κ3) is 9.74. The molecule has 62 heavy (non-hydrogen) atoms. The van der Waals surface area contributed by atoms with Gasteiger partial charge < -0.3 is 39.7 Å². The number of nitrogens with zero attached hydrogens (tertiary/aromatic N) is 6. The molecule has 4 heterocycles. The Bertz CT molecular complexity index is 2380. The van der Waals surface area contributed by atoms with E-state index in [1.165, 1.54) is 19.4 Å². The number of imide groups is 1. The maximum atomic E-state index is 13.6. The SMILES string of the molecule is C=C(CCOCCOCCOc1cccc2c1C(=O)N(C(C=O)CCC(=O)NC)C2=O)C(=O)N1CCCC(n2nc(-c3ccc(OC4C=CC=CC4)cc3)c3c(N)ncnc32)C1. The number of carbonyl (C=O) groups excluding carboxylic acids is 5. The number of allylic oxidation sites excluding steroid dienone is 2. The van der Waals surface area contributed by atoms with E-state index in [0.29, 0.717) is 53.9 Å². The van der Waals surface area contributed by atoms with Gasteiger partial charge in [0.2, 0.25) is 11.8 Å². The highest BCUT2D eigenvalue weighted by Crippen LogP contribution is 2.36. The van der Waals surface area contributed by atoms with E-state index < -0.39 is 17.9 Å². The molecule has 4 amide bonds. The van der Waals surface area contributed by atoms with Crippen LogP contribution in [0.3, 0.4) is 0 Å². The number of likely N-dealkylation sites (tertiary alicyclic amines) is 1. The number of hydrogen-bond acceptors (Lipinski definition) is 13. The summed E-state index contributed by atoms with van der Waals surface area (Å²) in [7, 11) is 1.47. The van der Waals surface area contributed by atoms with Crippen molar-refractivity contribution in [2.24, 2.45) is 0 Å². The molecule has 2 aromatic heterocycles. The first kappa shape index (κ1) is 43.4. The molecule has 1 saturated heterocycles. The van der Waals surface area contributed by atoms with Crippen molar-refractivity contribution in [2.45, 2.75) is 56.7 Å². The summed E-state index contributed by atoms with van der Waals surface area (Å²) in [5, 5.41) is 8.13. The van der Waals surface area contributed by atoms with Crippen molar-refractivity contribution in [3.05, 3.63) is 96.4 Å². The van der Waals surface area contributed by atoms with Crippen LogP contribution < -0.4 is 20.5 Å². The normalized spacial score (nSPS) is 17.6. The van der Waals surface area contributed by atoms with E-state index in [2.05, 4.69) is 27.9 Å². The Balaban J connectivity index is 0.846. The molecule has 3 N–H and O–H groups in total. The average Bonchev–Trinajstić information content (AvgIpc) is 3.82. The number of aldehydes is 1. The van der Waals surface area contributed by atoms with Crippen molar-refractivity contribution >= 4 is 46.8 Å². The van der Waals surface area contributed by atoms with Crippen LogP contribution in [0.4, 0.5) is 5.82 Å². The number of rotatable bonds is 20. The Hall–Kier alpha value is -6.72. The first-order chi connectivity index (χ1) is 30.2. The monoisotopic (exact) mass is 846 g/mol. The second-order valence-corrected chi connectivity index (χ2v) is 15.0. The van der Waals surface area contributed by atoms with Crippen LogP contribution in [0.1, 0.15) is 65.3 Å². The molecular weight excluding hydrogens is 797 g/mol. The molecule has 4 aromatic rings. The van der Waals surface area contributed by atoms with Gasteiger partial charge in [-0.3, -0.25) is 24.1 Å². The van der Waals surface area contributed by atoms with Gasteiger partial charge in [0.1, 0.15) is 48.3 Å². The van der Waals surface area contributed by atoms with Gasteiger partial charge >= 0.3 is 0 Å². The zero-order valence-electron chi connectivity index (χ0n) is 34.6. The number of amides is 4. The highest BCUT2D eigenvalue weighted by molar-refractivity contribution is 6.23. The summed E-state index contributed by atoms with van der Waals surface area (Å²) in [5.41, 5.74) is 9.15. The lowest BCUT2D eigenvalue weighted by molar-refractivity contribution is -0.129. The molecular formula is C45H50N8O9. The number of carbonyl (C=O) groups is 5. The van der Waals surface area contributed by atoms with E-state index in [-0.39, 0.29) is 86.7 Å². The molecule has 3 atom stereocenters. The number of hydrogen-bond donors (Lipinski definition) is 2. The van der Waals surface area contributed by atoms with Crippen LogP contribution in [0.2, 0.25) is 0 Å². The molecule has 2 aromatic carbocycles. The van der Waals surface area contributed by atoms with Gasteiger partial charge in [-0.2, -0.15) is 5.10 Å². The van der Waals surface area contributed by atoms with E-state index in [4.69, 9.17) is 29.8 Å². The largest absolute Gasteiger partial charge is 0.490 e. The Kier molecular flexibility index (Phi) is 14.2. The second kappa shape index (κ2) is 20.2. The van der Waals surface area contributed by atoms with Crippen LogP contribution in [0.15, 0.2) is 85.2 Å². The van der Waals surface area contributed by atoms with Gasteiger partial charge in [-0.15, -0.1) is 0 Å². The molecule has 0 saturated carbocycles. The van der Waals surface area contributed by atoms with Gasteiger partial charge in [-0.05, 0) is 61.7 Å². The number of fused-ring (bicyclic) bond motifs is 2. The number of piperidine rings is 1. The summed E-state index contributed by atoms with van der Waals surface area (Å²) in [5.74, 6) is -0.440. The average molecular weight is 847 g/mol. The number of anilines is 1. The molecule has 324 valence electrons. The molecule has 17 heteroatoms. The van der Waals surface area contributed by atoms with Crippen LogP contribution in [-0.4, -0.2) is 125 Å². The summed E-state index contributed by atoms with van der Waals surface area (Å²) in [6, 6.07) is 11.2. The fourth-order valence-corrected chi connectivity index (χ4v) is 7.72. The topological polar surface area (TPSA) is 210 Å². The molecule has 3 unspecified atom stereocenters. The molecule has 0 bridgehead atoms. The van der Waals surface area contributed by atoms with Crippen molar-refractivity contribution in [3.8, 4) is 22.8 Å². The Labute approximate surface area is 358 Å². The molecule has 2 aliphatic heterocycles. The summed E-state index contributed by atoms with van der Waals surface area (Å²) in [6.07, 6.45) is 12.7. The third-order valence-electron chi connectivity index (χ3n) is 11.0. The Morgan fingerprint density at radius 2 is 1.79 bits per heavy atom. The maximum Gasteiger partial charge on any atom is 0.265 e. The quantitative estimate of drug-likeness (QED) is 0.0552. The lowest BCUT2D eigenvalue weighted by Crippen LogP contribution is -2.41. The molecule has 7 rings (SSSR count). The van der Waals surface area contributed by atoms with Crippen LogP contribution in [-0.2, 0) is 23.9 Å². The smallest absolute Gasteiger partial charge is 0.265 e. The summed E-state index contributed by atoms with van der Waals surface area (Å²) >= 11 is 0. The molecule has 3 aliphatic rings. The lowest BCUT2D eigenvalue weighted by Gasteiger charge is -2.33. The van der Waals surface area contributed by atoms with E-state index in [1.807, 2.05) is 47.2 Å². The van der Waals surface area contributed by atoms with Crippen LogP contribution in [0.5, 0.6) is 11.5 Å². The summed E-state index contributed by atoms with van der Waals surface area (Å²) < 4.78 is 25.1. The Morgan fingerprint density at radius 3 is 2.55 bits per heavy atom. The van der Waals surface area contributed by atoms with Gasteiger partial charge in [-0.25, -0.2) is 14.6 Å². The molecule has 1 aliphatic carbocycles. The highest BCUT2D eigenvalue weighted by Gasteiger charge is 2.42. The van der Waals surface area contributed by atoms with E-state index in [9.17, 15) is 24.0 Å². The van der Waals surface area contributed by atoms with E-state index in [1.54, 1.807) is 17.0 Å². The van der Waals surface area contributed by atoms with Gasteiger partial charge in [0.05, 0.1) is 55.0 Å². The molecule has 0 radical (unpaired) electrons. The molecule has 17 nitrogen and oxygen atoms in total. The number of ether oxygens (including phenoxy) is 4. The summed E-state index contributed by atoms with van der Waals surface area (Å²) in [6.45, 7) is 6.14. The Morgan fingerprint density at radius 1 is 1.00 bits per heavy atom. The predicted octanol–water partition coefficient (Wildman–Crippen LogP) is 4.25. The molecule has 0 spiro atoms. The van der Waals surface area contributed by atoms with Crippen molar-refractivity contribution in [1.82, 2.24) is 34.9 Å². The van der Waals surface area contributed by atoms with E-state index >= 15 is 0 Å². The minimum Gasteiger partial charge on any atom is -0.490 e. The van der Waals surface area contributed by atoms with Gasteiger partial charge in [0, 0.05) is 50.5 Å². The van der Waals surface area contributed by atoms with Crippen LogP contribution in [0.25, 0.3) is 22.3 Å². The van der Waals surface area contributed by atoms with Crippen LogP contribution in [0, 0.1) is 0 Å². The number of nitrogen functional groups attached to an aromatic ring is 1. The number of benzene rings is 2. The van der Waals surface area contributed by atoms with Crippen molar-refractivity contribution in [2.75, 3.05) is 58.9 Å². The van der Waals surface area contributed by atoms with Gasteiger partial charge in [0.15, 0.2) is 5.65 Å². The minimum atomic E-state index is -1.08. The number of aromatic nitrogens is 4. The second-order valence-electron chi connectivity index (χ2n) is 15.0. The van der Waals surface area contributed by atoms with Crippen molar-refractivity contribution in [3.63, 3.8) is 0 Å². The number of nitrogens with one attached hydrogen (secondary N) is 1. The number of nitrogens with two attached hydrogens (primary N) is 1. The highest BCUT2D eigenvalue weighted by atomic mass is 16.5. The van der Waals surface area contributed by atoms with Crippen molar-refractivity contribution in [1.29, 1.82) is 0 Å². The van der Waals surface area contributed by atoms with Crippen molar-refractivity contribution < 1.29 is 42.9 Å². The van der Waals surface area contributed by atoms with E-state index in [0.717, 1.165) is 35.5 Å². The first-order valence-corrected chi connectivity index (χ1v) is 20.7. The minimum absolute atomic E-state index is 0.00814. The van der Waals surface area contributed by atoms with Crippen LogP contribution >= 0.6 is 0 Å². The molecule has 1 fully saturated rings. The standard InChI is InChI=1S/C45H50N8O9/c1-29(19-21-59-22-23-60-24-25-61-36-12-6-11-35-38(36)45(58)52(44(35)57)32(27-54)15-18-37(55)47-2)43(56)51-20-7-8-31(26-51)53-42-39(41(46)48-28-49-42)40(50-53)30-13-16-34(17-14-30)62-33-9-4-3-5-10-33/h3-6,9,11-14,16-17,27-28,31-33H,1,7-8,10,15,18-26H2,2H3,(H,47,55)(H2,46,48,49). The van der Waals surface area contributed by atoms with Gasteiger partial charge in [-0.1, -0.05) is 30.9 Å². The maximum absolute atomic E-state index is 13.6. The fraction of sp³-hybridized carbons (Fsp3) is 0.378. The predicted molar refractivity (Wildman–Crippen MR) is 228 cm³/mol. The lowest BCUT2D eigenvalue weighted by atomic mass is 10.0. The third-order valence-corrected chi connectivity index (χ3v) is 11.0. The first-order valence-electron chi connectivity index (χ1n) is 20.7. The summed E-state index contributed by atoms with van der Waals surface area (Å²) in [4.78, 5) is 74.8.